The second-order valence-electron chi connectivity index (χ2n) is 3.78. The maximum absolute atomic E-state index is 8.91. The van der Waals surface area contributed by atoms with Gasteiger partial charge in [0, 0.05) is 0 Å². The first-order chi connectivity index (χ1) is 4.42. The van der Waals surface area contributed by atoms with Crippen LogP contribution in [0.25, 0.3) is 0 Å². The van der Waals surface area contributed by atoms with Gasteiger partial charge in [-0.1, -0.05) is 20.8 Å². The second-order valence-corrected chi connectivity index (χ2v) is 5.20. The minimum absolute atomic E-state index is 0.206. The largest absolute Gasteiger partial charge is 0.383 e. The number of rotatable bonds is 3. The van der Waals surface area contributed by atoms with Gasteiger partial charge in [-0.3, -0.25) is 0 Å². The molecule has 0 heterocycles. The maximum atomic E-state index is 8.91. The van der Waals surface area contributed by atoms with E-state index in [9.17, 15) is 0 Å². The molecule has 0 aliphatic carbocycles. The van der Waals surface area contributed by atoms with Crippen LogP contribution in [-0.2, 0) is 0 Å². The number of hydrogen-bond donors (Lipinski definition) is 1. The van der Waals surface area contributed by atoms with Gasteiger partial charge in [0.1, 0.15) is 0 Å². The Bertz CT molecular complexity index is 83.7. The molecule has 0 saturated carbocycles. The molecular formula is C8H18OS. The van der Waals surface area contributed by atoms with Crippen molar-refractivity contribution in [3.63, 3.8) is 0 Å². The molecule has 62 valence electrons. The lowest BCUT2D eigenvalue weighted by Gasteiger charge is -2.17. The summed E-state index contributed by atoms with van der Waals surface area (Å²) in [6, 6.07) is 0. The third-order valence-electron chi connectivity index (χ3n) is 1.21. The fourth-order valence-corrected chi connectivity index (χ4v) is 1.61. The van der Waals surface area contributed by atoms with Crippen LogP contribution in [0.15, 0.2) is 0 Å². The molecule has 0 rings (SSSR count). The van der Waals surface area contributed by atoms with Crippen LogP contribution >= 0.6 is 11.8 Å². The number of aliphatic hydroxyl groups excluding tert-OH is 1. The highest BCUT2D eigenvalue weighted by molar-refractivity contribution is 7.99. The minimum Gasteiger partial charge on any atom is -0.383 e. The van der Waals surface area contributed by atoms with E-state index in [4.69, 9.17) is 5.11 Å². The first kappa shape index (κ1) is 10.3. The summed E-state index contributed by atoms with van der Waals surface area (Å²) in [5.74, 6) is 1.06. The summed E-state index contributed by atoms with van der Waals surface area (Å²) >= 11 is 1.61. The van der Waals surface area contributed by atoms with Crippen molar-refractivity contribution in [2.75, 3.05) is 5.75 Å². The Morgan fingerprint density at radius 3 is 2.20 bits per heavy atom. The molecule has 0 aromatic rings. The molecule has 0 aliphatic rings. The van der Waals surface area contributed by atoms with Gasteiger partial charge < -0.3 is 5.11 Å². The van der Waals surface area contributed by atoms with Gasteiger partial charge in [0.2, 0.25) is 0 Å². The van der Waals surface area contributed by atoms with Crippen LogP contribution < -0.4 is 0 Å². The molecule has 0 spiro atoms. The van der Waals surface area contributed by atoms with E-state index in [1.165, 1.54) is 6.42 Å². The number of aliphatic hydroxyl groups is 1. The molecule has 1 unspecified atom stereocenters. The Kier molecular flexibility index (Phi) is 4.37. The Morgan fingerprint density at radius 1 is 1.40 bits per heavy atom. The molecule has 1 nitrogen and oxygen atoms in total. The zero-order valence-electron chi connectivity index (χ0n) is 7.35. The van der Waals surface area contributed by atoms with Gasteiger partial charge >= 0.3 is 0 Å². The highest BCUT2D eigenvalue weighted by Crippen LogP contribution is 2.22. The molecule has 2 heteroatoms. The number of hydrogen-bond acceptors (Lipinski definition) is 2. The lowest BCUT2D eigenvalue weighted by molar-refractivity contribution is 0.283. The van der Waals surface area contributed by atoms with E-state index in [0.717, 1.165) is 5.75 Å². The Balaban J connectivity index is 3.21. The van der Waals surface area contributed by atoms with Crippen molar-refractivity contribution in [3.8, 4) is 0 Å². The summed E-state index contributed by atoms with van der Waals surface area (Å²) < 4.78 is 0. The van der Waals surface area contributed by atoms with Crippen LogP contribution in [-0.4, -0.2) is 16.3 Å². The Morgan fingerprint density at radius 2 is 1.90 bits per heavy atom. The van der Waals surface area contributed by atoms with E-state index in [0.29, 0.717) is 5.41 Å². The third kappa shape index (κ3) is 8.31. The van der Waals surface area contributed by atoms with Gasteiger partial charge in [0.25, 0.3) is 0 Å². The van der Waals surface area contributed by atoms with Crippen LogP contribution in [0.2, 0.25) is 0 Å². The highest BCUT2D eigenvalue weighted by Gasteiger charge is 2.09. The zero-order chi connectivity index (χ0) is 8.20. The van der Waals surface area contributed by atoms with Gasteiger partial charge in [-0.05, 0) is 24.5 Å². The molecule has 1 N–H and O–H groups in total. The molecule has 0 bridgehead atoms. The summed E-state index contributed by atoms with van der Waals surface area (Å²) in [5.41, 5.74) is 0.198. The van der Waals surface area contributed by atoms with E-state index in [1.807, 2.05) is 6.92 Å². The molecule has 0 radical (unpaired) electrons. The SMILES string of the molecule is CC(O)SCCC(C)(C)C. The molecule has 0 fully saturated rings. The fraction of sp³-hybridized carbons (Fsp3) is 1.00. The monoisotopic (exact) mass is 162 g/mol. The van der Waals surface area contributed by atoms with Crippen molar-refractivity contribution in [3.05, 3.63) is 0 Å². The van der Waals surface area contributed by atoms with Crippen LogP contribution in [0.5, 0.6) is 0 Å². The van der Waals surface area contributed by atoms with E-state index >= 15 is 0 Å². The van der Waals surface area contributed by atoms with E-state index in [-0.39, 0.29) is 5.44 Å². The van der Waals surface area contributed by atoms with E-state index in [2.05, 4.69) is 20.8 Å². The van der Waals surface area contributed by atoms with Crippen molar-refractivity contribution < 1.29 is 5.11 Å². The van der Waals surface area contributed by atoms with E-state index < -0.39 is 0 Å². The summed E-state index contributed by atoms with van der Waals surface area (Å²) in [6.45, 7) is 8.47. The van der Waals surface area contributed by atoms with Gasteiger partial charge in [-0.15, -0.1) is 11.8 Å². The smallest absolute Gasteiger partial charge is 0.0964 e. The molecular weight excluding hydrogens is 144 g/mol. The molecule has 0 aliphatic heterocycles. The van der Waals surface area contributed by atoms with Crippen LogP contribution in [0.1, 0.15) is 34.1 Å². The molecule has 1 atom stereocenters. The number of thioether (sulfide) groups is 1. The third-order valence-corrected chi connectivity index (χ3v) is 2.13. The van der Waals surface area contributed by atoms with Gasteiger partial charge in [-0.2, -0.15) is 0 Å². The Hall–Kier alpha value is 0.310. The van der Waals surface area contributed by atoms with Crippen molar-refractivity contribution in [2.45, 2.75) is 39.6 Å². The quantitative estimate of drug-likeness (QED) is 0.643. The van der Waals surface area contributed by atoms with Crippen molar-refractivity contribution >= 4 is 11.8 Å². The normalized spacial score (nSPS) is 15.3. The van der Waals surface area contributed by atoms with Crippen LogP contribution in [0.3, 0.4) is 0 Å². The van der Waals surface area contributed by atoms with E-state index in [1.54, 1.807) is 11.8 Å². The first-order valence-electron chi connectivity index (χ1n) is 3.71. The topological polar surface area (TPSA) is 20.2 Å². The summed E-state index contributed by atoms with van der Waals surface area (Å²) in [4.78, 5) is 0. The summed E-state index contributed by atoms with van der Waals surface area (Å²) in [6.07, 6.45) is 1.17. The average molecular weight is 162 g/mol. The predicted octanol–water partition coefficient (Wildman–Crippen LogP) is 2.49. The van der Waals surface area contributed by atoms with Crippen molar-refractivity contribution in [1.82, 2.24) is 0 Å². The first-order valence-corrected chi connectivity index (χ1v) is 4.76. The second kappa shape index (κ2) is 4.24. The maximum Gasteiger partial charge on any atom is 0.0964 e. The van der Waals surface area contributed by atoms with Crippen molar-refractivity contribution in [2.24, 2.45) is 5.41 Å². The molecule has 0 aromatic heterocycles. The molecule has 0 aromatic carbocycles. The summed E-state index contributed by atoms with van der Waals surface area (Å²) in [7, 11) is 0. The minimum atomic E-state index is -0.206. The van der Waals surface area contributed by atoms with Crippen LogP contribution in [0.4, 0.5) is 0 Å². The molecule has 0 saturated heterocycles. The predicted molar refractivity (Wildman–Crippen MR) is 48.2 cm³/mol. The average Bonchev–Trinajstić information content (AvgIpc) is 1.59. The highest BCUT2D eigenvalue weighted by atomic mass is 32.2. The standard InChI is InChI=1S/C8H18OS/c1-7(9)10-6-5-8(2,3)4/h7,9H,5-6H2,1-4H3. The lowest BCUT2D eigenvalue weighted by Crippen LogP contribution is -2.07. The Labute approximate surface area is 68.2 Å². The summed E-state index contributed by atoms with van der Waals surface area (Å²) in [5, 5.41) is 8.91. The fourth-order valence-electron chi connectivity index (χ4n) is 0.536. The molecule has 10 heavy (non-hydrogen) atoms. The van der Waals surface area contributed by atoms with Crippen molar-refractivity contribution in [1.29, 1.82) is 0 Å². The zero-order valence-corrected chi connectivity index (χ0v) is 8.16. The van der Waals surface area contributed by atoms with Gasteiger partial charge in [0.05, 0.1) is 5.44 Å². The van der Waals surface area contributed by atoms with Gasteiger partial charge in [-0.25, -0.2) is 0 Å². The molecule has 0 amide bonds. The lowest BCUT2D eigenvalue weighted by atomic mass is 9.94. The van der Waals surface area contributed by atoms with Gasteiger partial charge in [0.15, 0.2) is 0 Å². The van der Waals surface area contributed by atoms with Crippen LogP contribution in [0, 0.1) is 5.41 Å².